The van der Waals surface area contributed by atoms with Gasteiger partial charge in [-0.1, -0.05) is 53.5 Å². The third-order valence-corrected chi connectivity index (χ3v) is 4.11. The Bertz CT molecular complexity index is 990. The lowest BCUT2D eigenvalue weighted by molar-refractivity contribution is -0.123. The molecule has 2 N–H and O–H groups in total. The minimum Gasteiger partial charge on any atom is -0.507 e. The molecule has 0 heterocycles. The number of ether oxygens (including phenoxy) is 1. The van der Waals surface area contributed by atoms with Crippen molar-refractivity contribution >= 4 is 46.1 Å². The number of halogens is 2. The number of phenols is 1. The summed E-state index contributed by atoms with van der Waals surface area (Å²) in [6.07, 6.45) is 1.39. The minimum atomic E-state index is -0.466. The number of carbonyl (C=O) groups excluding carboxylic acids is 1. The first kappa shape index (κ1) is 18.0. The molecule has 3 aromatic rings. The molecular formula is C19H14Cl2N2O3. The molecule has 0 saturated heterocycles. The van der Waals surface area contributed by atoms with Crippen LogP contribution in [0.1, 0.15) is 5.56 Å². The minimum absolute atomic E-state index is 0.0749. The molecule has 1 amide bonds. The zero-order valence-corrected chi connectivity index (χ0v) is 15.0. The number of aromatic hydroxyl groups is 1. The van der Waals surface area contributed by atoms with Crippen molar-refractivity contribution < 1.29 is 14.6 Å². The van der Waals surface area contributed by atoms with Crippen molar-refractivity contribution in [2.45, 2.75) is 0 Å². The molecule has 0 atom stereocenters. The second-order valence-corrected chi connectivity index (χ2v) is 6.22. The molecule has 0 spiro atoms. The van der Waals surface area contributed by atoms with Crippen molar-refractivity contribution in [2.75, 3.05) is 6.61 Å². The van der Waals surface area contributed by atoms with Crippen molar-refractivity contribution in [2.24, 2.45) is 5.10 Å². The molecule has 0 saturated carbocycles. The summed E-state index contributed by atoms with van der Waals surface area (Å²) >= 11 is 11.8. The maximum atomic E-state index is 11.9. The van der Waals surface area contributed by atoms with Gasteiger partial charge >= 0.3 is 0 Å². The summed E-state index contributed by atoms with van der Waals surface area (Å²) in [4.78, 5) is 11.9. The molecule has 0 fully saturated rings. The molecule has 0 aliphatic rings. The van der Waals surface area contributed by atoms with Crippen molar-refractivity contribution in [3.05, 3.63) is 70.2 Å². The highest BCUT2D eigenvalue weighted by Gasteiger charge is 2.07. The lowest BCUT2D eigenvalue weighted by Gasteiger charge is -2.07. The Morgan fingerprint density at radius 1 is 1.15 bits per heavy atom. The number of rotatable bonds is 5. The first-order valence-corrected chi connectivity index (χ1v) is 8.40. The van der Waals surface area contributed by atoms with E-state index in [1.807, 2.05) is 30.3 Å². The highest BCUT2D eigenvalue weighted by atomic mass is 35.5. The van der Waals surface area contributed by atoms with E-state index < -0.39 is 5.91 Å². The van der Waals surface area contributed by atoms with Crippen molar-refractivity contribution in [3.63, 3.8) is 0 Å². The van der Waals surface area contributed by atoms with E-state index in [2.05, 4.69) is 10.5 Å². The Balaban J connectivity index is 1.64. The van der Waals surface area contributed by atoms with Crippen LogP contribution in [0.15, 0.2) is 59.7 Å². The summed E-state index contributed by atoms with van der Waals surface area (Å²) < 4.78 is 5.32. The van der Waals surface area contributed by atoms with Crippen LogP contribution in [-0.4, -0.2) is 23.8 Å². The molecule has 0 bridgehead atoms. The lowest BCUT2D eigenvalue weighted by Crippen LogP contribution is -2.24. The van der Waals surface area contributed by atoms with Crippen LogP contribution in [0.2, 0.25) is 10.0 Å². The van der Waals surface area contributed by atoms with Crippen LogP contribution in [0.25, 0.3) is 10.8 Å². The van der Waals surface area contributed by atoms with Crippen LogP contribution >= 0.6 is 23.2 Å². The maximum Gasteiger partial charge on any atom is 0.277 e. The lowest BCUT2D eigenvalue weighted by atomic mass is 10.0. The Hall–Kier alpha value is -2.76. The van der Waals surface area contributed by atoms with Gasteiger partial charge in [-0.25, -0.2) is 5.43 Å². The SMILES string of the molecule is O=C(COc1ccc(Cl)cc1Cl)N/N=C/c1c(O)ccc2ccccc12. The number of benzene rings is 3. The van der Waals surface area contributed by atoms with E-state index in [0.717, 1.165) is 10.8 Å². The molecule has 3 aromatic carbocycles. The van der Waals surface area contributed by atoms with E-state index in [-0.39, 0.29) is 12.4 Å². The number of amides is 1. The molecule has 0 aliphatic carbocycles. The number of hydrogen-bond donors (Lipinski definition) is 2. The molecule has 0 aliphatic heterocycles. The topological polar surface area (TPSA) is 70.9 Å². The molecule has 5 nitrogen and oxygen atoms in total. The second kappa shape index (κ2) is 8.08. The van der Waals surface area contributed by atoms with Crippen LogP contribution in [0.3, 0.4) is 0 Å². The van der Waals surface area contributed by atoms with E-state index in [1.165, 1.54) is 12.3 Å². The van der Waals surface area contributed by atoms with Gasteiger partial charge in [0, 0.05) is 10.6 Å². The molecule has 7 heteroatoms. The van der Waals surface area contributed by atoms with Gasteiger partial charge < -0.3 is 9.84 Å². The number of nitrogens with zero attached hydrogens (tertiary/aromatic N) is 1. The summed E-state index contributed by atoms with van der Waals surface area (Å²) in [5.41, 5.74) is 2.87. The molecule has 26 heavy (non-hydrogen) atoms. The van der Waals surface area contributed by atoms with Gasteiger partial charge in [-0.3, -0.25) is 4.79 Å². The summed E-state index contributed by atoms with van der Waals surface area (Å²) in [5, 5.41) is 16.5. The maximum absolute atomic E-state index is 11.9. The fraction of sp³-hybridized carbons (Fsp3) is 0.0526. The van der Waals surface area contributed by atoms with Crippen molar-refractivity contribution in [1.82, 2.24) is 5.43 Å². The molecular weight excluding hydrogens is 375 g/mol. The number of phenolic OH excluding ortho intramolecular Hbond substituents is 1. The molecule has 0 aromatic heterocycles. The third kappa shape index (κ3) is 4.25. The average molecular weight is 389 g/mol. The van der Waals surface area contributed by atoms with Gasteiger partial charge in [0.05, 0.1) is 11.2 Å². The Morgan fingerprint density at radius 3 is 2.77 bits per heavy atom. The van der Waals surface area contributed by atoms with Gasteiger partial charge in [0.1, 0.15) is 11.5 Å². The predicted octanol–water partition coefficient (Wildman–Crippen LogP) is 4.38. The summed E-state index contributed by atoms with van der Waals surface area (Å²) in [5.74, 6) is -0.0419. The van der Waals surface area contributed by atoms with Gasteiger partial charge in [-0.15, -0.1) is 0 Å². The highest BCUT2D eigenvalue weighted by Crippen LogP contribution is 2.27. The normalized spacial score (nSPS) is 11.0. The van der Waals surface area contributed by atoms with Gasteiger partial charge in [0.15, 0.2) is 6.61 Å². The average Bonchev–Trinajstić information content (AvgIpc) is 2.63. The number of hydrazone groups is 1. The van der Waals surface area contributed by atoms with Gasteiger partial charge in [0.2, 0.25) is 0 Å². The van der Waals surface area contributed by atoms with E-state index in [4.69, 9.17) is 27.9 Å². The molecule has 0 radical (unpaired) electrons. The van der Waals surface area contributed by atoms with Crippen LogP contribution in [0, 0.1) is 0 Å². The standard InChI is InChI=1S/C19H14Cl2N2O3/c20-13-6-8-18(16(21)9-13)26-11-19(25)23-22-10-15-14-4-2-1-3-12(14)5-7-17(15)24/h1-10,24H,11H2,(H,23,25)/b22-10+. The predicted molar refractivity (Wildman–Crippen MR) is 103 cm³/mol. The van der Waals surface area contributed by atoms with Crippen LogP contribution < -0.4 is 10.2 Å². The Kier molecular flexibility index (Phi) is 5.61. The van der Waals surface area contributed by atoms with Gasteiger partial charge in [-0.05, 0) is 35.0 Å². The van der Waals surface area contributed by atoms with E-state index in [1.54, 1.807) is 18.2 Å². The first-order chi connectivity index (χ1) is 12.5. The fourth-order valence-electron chi connectivity index (χ4n) is 2.36. The summed E-state index contributed by atoms with van der Waals surface area (Å²) in [6.45, 7) is -0.264. The van der Waals surface area contributed by atoms with Crippen molar-refractivity contribution in [3.8, 4) is 11.5 Å². The highest BCUT2D eigenvalue weighted by molar-refractivity contribution is 6.35. The van der Waals surface area contributed by atoms with E-state index in [9.17, 15) is 9.90 Å². The second-order valence-electron chi connectivity index (χ2n) is 5.38. The Morgan fingerprint density at radius 2 is 1.96 bits per heavy atom. The fourth-order valence-corrected chi connectivity index (χ4v) is 2.82. The number of fused-ring (bicyclic) bond motifs is 1. The quantitative estimate of drug-likeness (QED) is 0.503. The van der Waals surface area contributed by atoms with Crippen LogP contribution in [0.4, 0.5) is 0 Å². The Labute approximate surface area is 159 Å². The van der Waals surface area contributed by atoms with Gasteiger partial charge in [0.25, 0.3) is 5.91 Å². The van der Waals surface area contributed by atoms with Crippen molar-refractivity contribution in [1.29, 1.82) is 0 Å². The monoisotopic (exact) mass is 388 g/mol. The van der Waals surface area contributed by atoms with E-state index >= 15 is 0 Å². The van der Waals surface area contributed by atoms with Crippen LogP contribution in [-0.2, 0) is 4.79 Å². The summed E-state index contributed by atoms with van der Waals surface area (Å²) in [7, 11) is 0. The molecule has 132 valence electrons. The number of nitrogens with one attached hydrogen (secondary N) is 1. The zero-order chi connectivity index (χ0) is 18.5. The smallest absolute Gasteiger partial charge is 0.277 e. The van der Waals surface area contributed by atoms with Gasteiger partial charge in [-0.2, -0.15) is 5.10 Å². The van der Waals surface area contributed by atoms with Crippen LogP contribution in [0.5, 0.6) is 11.5 Å². The third-order valence-electron chi connectivity index (χ3n) is 3.58. The number of hydrogen-bond acceptors (Lipinski definition) is 4. The zero-order valence-electron chi connectivity index (χ0n) is 13.4. The summed E-state index contributed by atoms with van der Waals surface area (Å²) in [6, 6.07) is 15.7. The largest absolute Gasteiger partial charge is 0.507 e. The molecule has 3 rings (SSSR count). The van der Waals surface area contributed by atoms with E-state index in [0.29, 0.717) is 21.4 Å². The first-order valence-electron chi connectivity index (χ1n) is 7.65. The molecule has 0 unspecified atom stereocenters. The number of carbonyl (C=O) groups is 1.